The third kappa shape index (κ3) is 13.1. The monoisotopic (exact) mass is 364 g/mol. The van der Waals surface area contributed by atoms with Gasteiger partial charge in [-0.2, -0.15) is 5.10 Å². The molecular formula is C19H32N4O3. The van der Waals surface area contributed by atoms with Gasteiger partial charge >= 0.3 is 12.0 Å². The van der Waals surface area contributed by atoms with Crippen molar-refractivity contribution in [2.45, 2.75) is 77.0 Å². The van der Waals surface area contributed by atoms with Gasteiger partial charge in [0.05, 0.1) is 0 Å². The third-order valence-corrected chi connectivity index (χ3v) is 4.17. The lowest BCUT2D eigenvalue weighted by atomic mass is 10.1. The van der Waals surface area contributed by atoms with Crippen molar-refractivity contribution in [3.63, 3.8) is 0 Å². The number of aliphatic carboxylic acids is 1. The van der Waals surface area contributed by atoms with Crippen molar-refractivity contribution in [2.75, 3.05) is 11.9 Å². The van der Waals surface area contributed by atoms with Gasteiger partial charge in [0.25, 0.3) is 0 Å². The van der Waals surface area contributed by atoms with Gasteiger partial charge in [0.2, 0.25) is 0 Å². The van der Waals surface area contributed by atoms with Crippen molar-refractivity contribution in [3.8, 4) is 0 Å². The fourth-order valence-corrected chi connectivity index (χ4v) is 2.72. The Morgan fingerprint density at radius 2 is 1.46 bits per heavy atom. The molecule has 3 N–H and O–H groups in total. The molecule has 1 aromatic rings. The number of aromatic nitrogens is 2. The number of hydrogen-bond donors (Lipinski definition) is 3. The lowest BCUT2D eigenvalue weighted by molar-refractivity contribution is -0.137. The van der Waals surface area contributed by atoms with Crippen LogP contribution in [0.4, 0.5) is 10.6 Å². The molecule has 2 amide bonds. The van der Waals surface area contributed by atoms with Crippen molar-refractivity contribution < 1.29 is 14.7 Å². The Morgan fingerprint density at radius 1 is 0.885 bits per heavy atom. The van der Waals surface area contributed by atoms with Crippen molar-refractivity contribution >= 4 is 17.8 Å². The van der Waals surface area contributed by atoms with Crippen molar-refractivity contribution in [2.24, 2.45) is 0 Å². The Kier molecular flexibility index (Phi) is 12.7. The number of unbranched alkanes of at least 4 members (excludes halogenated alkanes) is 10. The molecule has 1 rings (SSSR count). The van der Waals surface area contributed by atoms with Crippen LogP contribution < -0.4 is 10.6 Å². The highest BCUT2D eigenvalue weighted by Gasteiger charge is 2.01. The summed E-state index contributed by atoms with van der Waals surface area (Å²) in [4.78, 5) is 22.0. The summed E-state index contributed by atoms with van der Waals surface area (Å²) in [5.41, 5.74) is 0. The molecule has 146 valence electrons. The second-order valence-electron chi connectivity index (χ2n) is 6.52. The zero-order chi connectivity index (χ0) is 18.9. The van der Waals surface area contributed by atoms with Crippen LogP contribution in [0.1, 0.15) is 77.0 Å². The Labute approximate surface area is 156 Å². The molecule has 0 aliphatic heterocycles. The summed E-state index contributed by atoms with van der Waals surface area (Å²) in [6.07, 6.45) is 14.4. The Morgan fingerprint density at radius 3 is 2.00 bits per heavy atom. The first-order chi connectivity index (χ1) is 12.7. The van der Waals surface area contributed by atoms with Gasteiger partial charge in [-0.3, -0.25) is 10.1 Å². The third-order valence-electron chi connectivity index (χ3n) is 4.17. The van der Waals surface area contributed by atoms with Gasteiger partial charge in [-0.15, -0.1) is 5.10 Å². The highest BCUT2D eigenvalue weighted by molar-refractivity contribution is 5.87. The number of hydrogen-bond acceptors (Lipinski definition) is 4. The molecule has 0 spiro atoms. The maximum Gasteiger partial charge on any atom is 0.320 e. The molecule has 7 nitrogen and oxygen atoms in total. The normalized spacial score (nSPS) is 10.5. The SMILES string of the molecule is O=C(O)CCCCCCCCCCCCCNC(=O)Nc1cccnn1. The lowest BCUT2D eigenvalue weighted by Gasteiger charge is -2.06. The van der Waals surface area contributed by atoms with E-state index in [0.29, 0.717) is 18.8 Å². The van der Waals surface area contributed by atoms with Crippen LogP contribution in [0.25, 0.3) is 0 Å². The molecule has 0 aliphatic rings. The van der Waals surface area contributed by atoms with Crippen molar-refractivity contribution in [1.82, 2.24) is 15.5 Å². The van der Waals surface area contributed by atoms with Gasteiger partial charge in [0, 0.05) is 19.2 Å². The van der Waals surface area contributed by atoms with Crippen LogP contribution in [0.2, 0.25) is 0 Å². The zero-order valence-electron chi connectivity index (χ0n) is 15.6. The number of nitrogens with one attached hydrogen (secondary N) is 2. The summed E-state index contributed by atoms with van der Waals surface area (Å²) in [6.45, 7) is 0.669. The van der Waals surface area contributed by atoms with Crippen molar-refractivity contribution in [3.05, 3.63) is 18.3 Å². The molecule has 0 aromatic carbocycles. The van der Waals surface area contributed by atoms with Gasteiger partial charge in [-0.1, -0.05) is 57.8 Å². The molecule has 0 fully saturated rings. The molecule has 1 heterocycles. The zero-order valence-corrected chi connectivity index (χ0v) is 15.6. The number of nitrogens with zero attached hydrogens (tertiary/aromatic N) is 2. The number of carbonyl (C=O) groups is 2. The summed E-state index contributed by atoms with van der Waals surface area (Å²) in [5, 5.41) is 21.5. The summed E-state index contributed by atoms with van der Waals surface area (Å²) < 4.78 is 0. The average Bonchev–Trinajstić information content (AvgIpc) is 2.62. The summed E-state index contributed by atoms with van der Waals surface area (Å²) >= 11 is 0. The fourth-order valence-electron chi connectivity index (χ4n) is 2.72. The van der Waals surface area contributed by atoms with E-state index >= 15 is 0 Å². The van der Waals surface area contributed by atoms with E-state index in [-0.39, 0.29) is 6.03 Å². The van der Waals surface area contributed by atoms with E-state index in [1.165, 1.54) is 38.5 Å². The van der Waals surface area contributed by atoms with E-state index in [9.17, 15) is 9.59 Å². The second kappa shape index (κ2) is 15.1. The smallest absolute Gasteiger partial charge is 0.320 e. The first kappa shape index (κ1) is 21.9. The van der Waals surface area contributed by atoms with E-state index in [2.05, 4.69) is 20.8 Å². The molecule has 0 aliphatic carbocycles. The molecule has 7 heteroatoms. The van der Waals surface area contributed by atoms with Crippen LogP contribution in [-0.2, 0) is 4.79 Å². The van der Waals surface area contributed by atoms with Crippen LogP contribution in [0, 0.1) is 0 Å². The predicted octanol–water partition coefficient (Wildman–Crippen LogP) is 4.36. The van der Waals surface area contributed by atoms with E-state index in [4.69, 9.17) is 5.11 Å². The van der Waals surface area contributed by atoms with Gasteiger partial charge in [-0.05, 0) is 25.0 Å². The minimum Gasteiger partial charge on any atom is -0.481 e. The first-order valence-corrected chi connectivity index (χ1v) is 9.73. The topological polar surface area (TPSA) is 104 Å². The lowest BCUT2D eigenvalue weighted by Crippen LogP contribution is -2.29. The molecular weight excluding hydrogens is 332 g/mol. The molecule has 0 saturated heterocycles. The van der Waals surface area contributed by atoms with Gasteiger partial charge < -0.3 is 10.4 Å². The standard InChI is InChI=1S/C19H32N4O3/c24-18(25)14-10-8-6-4-2-1-3-5-7-9-11-15-20-19(26)22-17-13-12-16-21-23-17/h12-13,16H,1-11,14-15H2,(H,24,25)(H2,20,22,23,26). The summed E-state index contributed by atoms with van der Waals surface area (Å²) in [6, 6.07) is 3.18. The molecule has 0 unspecified atom stereocenters. The first-order valence-electron chi connectivity index (χ1n) is 9.73. The molecule has 0 saturated carbocycles. The van der Waals surface area contributed by atoms with E-state index in [1.807, 2.05) is 0 Å². The Hall–Kier alpha value is -2.18. The van der Waals surface area contributed by atoms with E-state index < -0.39 is 5.97 Å². The van der Waals surface area contributed by atoms with Crippen LogP contribution in [0.15, 0.2) is 18.3 Å². The van der Waals surface area contributed by atoms with E-state index in [1.54, 1.807) is 18.3 Å². The molecule has 1 aromatic heterocycles. The largest absolute Gasteiger partial charge is 0.481 e. The Balaban J connectivity index is 1.79. The number of rotatable bonds is 15. The molecule has 26 heavy (non-hydrogen) atoms. The fraction of sp³-hybridized carbons (Fsp3) is 0.684. The van der Waals surface area contributed by atoms with Crippen LogP contribution in [-0.4, -0.2) is 33.8 Å². The minimum absolute atomic E-state index is 0.242. The summed E-state index contributed by atoms with van der Waals surface area (Å²) in [5.74, 6) is -0.238. The second-order valence-corrected chi connectivity index (χ2v) is 6.52. The summed E-state index contributed by atoms with van der Waals surface area (Å²) in [7, 11) is 0. The maximum absolute atomic E-state index is 11.6. The van der Waals surface area contributed by atoms with Gasteiger partial charge in [0.1, 0.15) is 0 Å². The van der Waals surface area contributed by atoms with Gasteiger partial charge in [0.15, 0.2) is 5.82 Å². The molecule has 0 radical (unpaired) electrons. The van der Waals surface area contributed by atoms with Crippen LogP contribution >= 0.6 is 0 Å². The highest BCUT2D eigenvalue weighted by atomic mass is 16.4. The average molecular weight is 364 g/mol. The van der Waals surface area contributed by atoms with E-state index in [0.717, 1.165) is 32.1 Å². The molecule has 0 atom stereocenters. The Bertz CT molecular complexity index is 497. The predicted molar refractivity (Wildman–Crippen MR) is 102 cm³/mol. The van der Waals surface area contributed by atoms with Crippen molar-refractivity contribution in [1.29, 1.82) is 0 Å². The molecule has 0 bridgehead atoms. The highest BCUT2D eigenvalue weighted by Crippen LogP contribution is 2.11. The van der Waals surface area contributed by atoms with Crippen LogP contribution in [0.5, 0.6) is 0 Å². The van der Waals surface area contributed by atoms with Crippen LogP contribution in [0.3, 0.4) is 0 Å². The minimum atomic E-state index is -0.689. The number of carbonyl (C=O) groups excluding carboxylic acids is 1. The maximum atomic E-state index is 11.6. The number of carboxylic acids is 1. The quantitative estimate of drug-likeness (QED) is 0.401. The number of urea groups is 1. The number of amides is 2. The number of anilines is 1. The van der Waals surface area contributed by atoms with Gasteiger partial charge in [-0.25, -0.2) is 4.79 Å². The number of carboxylic acid groups (broad SMARTS) is 1.